The Hall–Kier alpha value is -4.93. The molecule has 0 fully saturated rings. The Morgan fingerprint density at radius 2 is 1.38 bits per heavy atom. The molecule has 0 atom stereocenters. The molecule has 11 nitrogen and oxygen atoms in total. The molecule has 205 valence electrons. The maximum absolute atomic E-state index is 12.7. The molecule has 1 heterocycles. The number of nitrogens with one attached hydrogen (secondary N) is 1. The second kappa shape index (κ2) is 18.3. The Morgan fingerprint density at radius 3 is 1.79 bits per heavy atom. The average molecular weight is 579 g/mol. The number of hydrogen-bond acceptors (Lipinski definition) is 7. The van der Waals surface area contributed by atoms with Gasteiger partial charge in [-0.3, -0.25) is 4.98 Å². The van der Waals surface area contributed by atoms with Gasteiger partial charge in [0.25, 0.3) is 5.09 Å². The molecule has 12 heteroatoms. The fraction of sp³-hybridized carbons (Fsp3) is 0.0741. The summed E-state index contributed by atoms with van der Waals surface area (Å²) in [6.45, 7) is 0.823. The van der Waals surface area contributed by atoms with Gasteiger partial charge in [0.15, 0.2) is 0 Å². The van der Waals surface area contributed by atoms with E-state index in [1.807, 2.05) is 78.9 Å². The molecule has 0 aliphatic rings. The van der Waals surface area contributed by atoms with Crippen molar-refractivity contribution in [2.75, 3.05) is 0 Å². The van der Waals surface area contributed by atoms with Crippen LogP contribution in [0.3, 0.4) is 0 Å². The van der Waals surface area contributed by atoms with Crippen molar-refractivity contribution in [1.82, 2.24) is 15.3 Å². The summed E-state index contributed by atoms with van der Waals surface area (Å²) < 4.78 is 0. The van der Waals surface area contributed by atoms with Crippen LogP contribution in [-0.4, -0.2) is 32.4 Å². The summed E-state index contributed by atoms with van der Waals surface area (Å²) in [5.41, 5.74) is 4.67. The van der Waals surface area contributed by atoms with E-state index in [2.05, 4.69) is 15.5 Å². The smallest absolute Gasteiger partial charge is 0.872 e. The number of benzene rings is 3. The summed E-state index contributed by atoms with van der Waals surface area (Å²) in [6, 6.07) is 28.3. The van der Waals surface area contributed by atoms with E-state index in [9.17, 15) is 15.0 Å². The first-order chi connectivity index (χ1) is 18.3. The zero-order valence-corrected chi connectivity index (χ0v) is 21.4. The third-order valence-corrected chi connectivity index (χ3v) is 4.64. The Morgan fingerprint density at radius 1 is 0.897 bits per heavy atom. The number of hydrogen-bond donors (Lipinski definition) is 2. The van der Waals surface area contributed by atoms with Gasteiger partial charge in [-0.15, -0.1) is 21.6 Å². The van der Waals surface area contributed by atoms with Gasteiger partial charge in [-0.05, 0) is 28.8 Å². The van der Waals surface area contributed by atoms with Crippen molar-refractivity contribution >= 4 is 12.2 Å². The molecule has 2 N–H and O–H groups in total. The van der Waals surface area contributed by atoms with Crippen molar-refractivity contribution in [3.63, 3.8) is 0 Å². The van der Waals surface area contributed by atoms with Gasteiger partial charge >= 0.3 is 23.1 Å². The van der Waals surface area contributed by atoms with Crippen LogP contribution in [0.25, 0.3) is 0 Å². The number of urea groups is 1. The van der Waals surface area contributed by atoms with Crippen molar-refractivity contribution in [1.29, 1.82) is 0 Å². The molecule has 39 heavy (non-hydrogen) atoms. The van der Waals surface area contributed by atoms with Crippen LogP contribution in [0.4, 0.5) is 4.79 Å². The van der Waals surface area contributed by atoms with E-state index < -0.39 is 16.9 Å². The molecule has 0 aliphatic heterocycles. The maximum Gasteiger partial charge on any atom is 2.00 e. The largest absolute Gasteiger partial charge is 2.00 e. The number of pyridine rings is 1. The molecule has 0 spiro atoms. The van der Waals surface area contributed by atoms with E-state index in [4.69, 9.17) is 15.3 Å². The molecule has 3 aromatic carbocycles. The monoisotopic (exact) mass is 578 g/mol. The van der Waals surface area contributed by atoms with E-state index >= 15 is 0 Å². The number of hydrazone groups is 1. The maximum atomic E-state index is 12.7. The number of carbonyl (C=O) groups excluding carboxylic acids is 1. The van der Waals surface area contributed by atoms with Crippen LogP contribution in [0.2, 0.25) is 0 Å². The minimum atomic E-state index is -1.50. The SMILES string of the molecule is O=C(N/N=C/c1ccc([O-])cc1[O-])N(Cc1ccccc1)Cc1ccccc1.O=[N+]([O-])O.[Cu+2].c1ccncc1. The Balaban J connectivity index is 0.000000584. The topological polar surface area (TPSA) is 167 Å². The molecule has 4 rings (SSSR count). The molecular formula is C27H25CuN5O6. The Bertz CT molecular complexity index is 1210. The minimum absolute atomic E-state index is 0. The summed E-state index contributed by atoms with van der Waals surface area (Å²) in [4.78, 5) is 26.4. The average Bonchev–Trinajstić information content (AvgIpc) is 2.92. The van der Waals surface area contributed by atoms with Crippen LogP contribution in [0, 0.1) is 10.1 Å². The molecule has 0 aliphatic carbocycles. The number of amides is 2. The Kier molecular flexibility index (Phi) is 15.1. The van der Waals surface area contributed by atoms with Crippen molar-refractivity contribution < 1.29 is 42.4 Å². The first kappa shape index (κ1) is 32.1. The number of rotatable bonds is 6. The minimum Gasteiger partial charge on any atom is -0.872 e. The first-order valence-electron chi connectivity index (χ1n) is 11.2. The van der Waals surface area contributed by atoms with E-state index in [0.29, 0.717) is 13.1 Å². The molecule has 0 saturated heterocycles. The van der Waals surface area contributed by atoms with Crippen LogP contribution in [0.1, 0.15) is 16.7 Å². The third-order valence-electron chi connectivity index (χ3n) is 4.64. The fourth-order valence-corrected chi connectivity index (χ4v) is 2.97. The van der Waals surface area contributed by atoms with Gasteiger partial charge in [0, 0.05) is 25.5 Å². The van der Waals surface area contributed by atoms with Crippen LogP contribution >= 0.6 is 0 Å². The van der Waals surface area contributed by atoms with E-state index in [0.717, 1.165) is 17.2 Å². The third kappa shape index (κ3) is 13.8. The summed E-state index contributed by atoms with van der Waals surface area (Å²) in [6.07, 6.45) is 4.74. The predicted octanol–water partition coefficient (Wildman–Crippen LogP) is 3.31. The summed E-state index contributed by atoms with van der Waals surface area (Å²) in [5.74, 6) is -0.793. The summed E-state index contributed by atoms with van der Waals surface area (Å²) in [5, 5.41) is 40.4. The van der Waals surface area contributed by atoms with E-state index in [1.54, 1.807) is 17.3 Å². The second-order valence-corrected chi connectivity index (χ2v) is 7.46. The molecule has 4 aromatic rings. The molecule has 0 unspecified atom stereocenters. The van der Waals surface area contributed by atoms with Crippen molar-refractivity contribution in [3.8, 4) is 11.5 Å². The van der Waals surface area contributed by atoms with Gasteiger partial charge in [-0.2, -0.15) is 5.10 Å². The van der Waals surface area contributed by atoms with Crippen LogP contribution < -0.4 is 15.6 Å². The number of carbonyl (C=O) groups is 1. The van der Waals surface area contributed by atoms with Gasteiger partial charge in [0.2, 0.25) is 0 Å². The zero-order chi connectivity index (χ0) is 27.6. The van der Waals surface area contributed by atoms with Crippen LogP contribution in [0.5, 0.6) is 11.5 Å². The van der Waals surface area contributed by atoms with Gasteiger partial charge in [-0.25, -0.2) is 10.2 Å². The molecular weight excluding hydrogens is 554 g/mol. The van der Waals surface area contributed by atoms with Crippen molar-refractivity contribution in [3.05, 3.63) is 136 Å². The van der Waals surface area contributed by atoms with Crippen LogP contribution in [0.15, 0.2) is 115 Å². The van der Waals surface area contributed by atoms with Crippen molar-refractivity contribution in [2.24, 2.45) is 5.10 Å². The van der Waals surface area contributed by atoms with Gasteiger partial charge in [-0.1, -0.05) is 84.9 Å². The first-order valence-corrected chi connectivity index (χ1v) is 11.2. The quantitative estimate of drug-likeness (QED) is 0.153. The van der Waals surface area contributed by atoms with Gasteiger partial charge in [0.1, 0.15) is 0 Å². The Labute approximate surface area is 235 Å². The molecule has 2 amide bonds. The molecule has 1 radical (unpaired) electrons. The van der Waals surface area contributed by atoms with Gasteiger partial charge in [0.05, 0.1) is 6.21 Å². The predicted molar refractivity (Wildman–Crippen MR) is 137 cm³/mol. The zero-order valence-electron chi connectivity index (χ0n) is 20.5. The van der Waals surface area contributed by atoms with Crippen LogP contribution in [-0.2, 0) is 30.2 Å². The molecule has 0 bridgehead atoms. The van der Waals surface area contributed by atoms with Gasteiger partial charge < -0.3 is 20.3 Å². The summed E-state index contributed by atoms with van der Waals surface area (Å²) in [7, 11) is 0. The molecule has 1 aromatic heterocycles. The summed E-state index contributed by atoms with van der Waals surface area (Å²) >= 11 is 0. The number of nitrogens with zero attached hydrogens (tertiary/aromatic N) is 4. The molecule has 0 saturated carbocycles. The second-order valence-electron chi connectivity index (χ2n) is 7.46. The van der Waals surface area contributed by atoms with Crippen molar-refractivity contribution in [2.45, 2.75) is 13.1 Å². The number of aromatic nitrogens is 1. The fourth-order valence-electron chi connectivity index (χ4n) is 2.97. The van der Waals surface area contributed by atoms with E-state index in [-0.39, 0.29) is 28.4 Å². The standard InChI is InChI=1S/C22H21N3O3.C5H5N.Cu.HNO3/c26-20-12-11-19(21(27)13-20)14-23-24-22(28)25(15-17-7-3-1-4-8-17)16-18-9-5-2-6-10-18;1-2-4-6-5-3-1;;2-1(3)4/h1-14,26-27H,15-16H2,(H,24,28);1-5H;;(H,2,3,4)/q;;+2;/p-2/b23-14+;;;. The van der Waals surface area contributed by atoms with E-state index in [1.165, 1.54) is 18.3 Å². The normalized spacial score (nSPS) is 9.54.